The van der Waals surface area contributed by atoms with Gasteiger partial charge in [-0.05, 0) is 67.1 Å². The summed E-state index contributed by atoms with van der Waals surface area (Å²) in [6.45, 7) is 9.20. The molecule has 2 amide bonds. The Morgan fingerprint density at radius 2 is 1.56 bits per heavy atom. The Hall–Kier alpha value is -2.95. The fourth-order valence-corrected chi connectivity index (χ4v) is 9.79. The van der Waals surface area contributed by atoms with Crippen LogP contribution in [0, 0.1) is 0 Å². The van der Waals surface area contributed by atoms with Crippen LogP contribution in [0.1, 0.15) is 43.9 Å². The molecule has 4 rings (SSSR count). The van der Waals surface area contributed by atoms with E-state index in [4.69, 9.17) is 4.74 Å². The van der Waals surface area contributed by atoms with Crippen molar-refractivity contribution < 1.29 is 22.7 Å². The van der Waals surface area contributed by atoms with Gasteiger partial charge < -0.3 is 15.4 Å². The number of thiophene rings is 1. The van der Waals surface area contributed by atoms with E-state index >= 15 is 0 Å². The molecule has 0 aliphatic carbocycles. The molecule has 0 unspecified atom stereocenters. The Morgan fingerprint density at radius 1 is 0.927 bits per heavy atom. The summed E-state index contributed by atoms with van der Waals surface area (Å²) in [6.07, 6.45) is 2.53. The highest BCUT2D eigenvalue weighted by Crippen LogP contribution is 2.46. The molecule has 1 saturated heterocycles. The molecule has 0 spiro atoms. The predicted octanol–water partition coefficient (Wildman–Crippen LogP) is 7.64. The van der Waals surface area contributed by atoms with E-state index in [1.165, 1.54) is 11.3 Å². The van der Waals surface area contributed by atoms with Gasteiger partial charge in [-0.25, -0.2) is 13.2 Å². The summed E-state index contributed by atoms with van der Waals surface area (Å²) < 4.78 is 32.8. The van der Waals surface area contributed by atoms with Crippen LogP contribution in [0.25, 0.3) is 21.6 Å². The molecule has 41 heavy (non-hydrogen) atoms. The molecular formula is C31H40N2O5S2Si. The van der Waals surface area contributed by atoms with Crippen molar-refractivity contribution in [2.24, 2.45) is 0 Å². The van der Waals surface area contributed by atoms with E-state index in [9.17, 15) is 18.0 Å². The zero-order chi connectivity index (χ0) is 29.7. The predicted molar refractivity (Wildman–Crippen MR) is 171 cm³/mol. The lowest BCUT2D eigenvalue weighted by molar-refractivity contribution is -0.153. The standard InChI is InChI=1S/C31H40N2O5S2Si/c1-5-32-30(35)33-26-16-14-24(15-17-26)23-10-12-25(13-11-23)27-18-19-28(39-27)31(20-6-7-21-40(31,36)37)38-29(34)9-8-22-41(2,3)4/h10-19H,5-9,20-22H2,1-4H3,(H2,32,33,35)/t31-/m0/s1. The molecule has 1 atom stereocenters. The van der Waals surface area contributed by atoms with Crippen LogP contribution in [0.2, 0.25) is 25.7 Å². The van der Waals surface area contributed by atoms with E-state index in [1.54, 1.807) is 0 Å². The van der Waals surface area contributed by atoms with Crippen molar-refractivity contribution in [1.82, 2.24) is 5.32 Å². The first-order valence-electron chi connectivity index (χ1n) is 14.2. The molecule has 7 nitrogen and oxygen atoms in total. The topological polar surface area (TPSA) is 102 Å². The fourth-order valence-electron chi connectivity index (χ4n) is 5.02. The monoisotopic (exact) mass is 612 g/mol. The third-order valence-corrected chi connectivity index (χ3v) is 12.8. The molecule has 2 aromatic carbocycles. The number of carbonyl (C=O) groups is 2. The minimum Gasteiger partial charge on any atom is -0.437 e. The van der Waals surface area contributed by atoms with Gasteiger partial charge >= 0.3 is 12.0 Å². The van der Waals surface area contributed by atoms with Crippen LogP contribution >= 0.6 is 11.3 Å². The minimum absolute atomic E-state index is 0.0225. The van der Waals surface area contributed by atoms with Crippen molar-refractivity contribution in [3.8, 4) is 21.6 Å². The molecule has 2 heterocycles. The maximum Gasteiger partial charge on any atom is 0.319 e. The molecule has 1 aliphatic heterocycles. The average Bonchev–Trinajstić information content (AvgIpc) is 3.41. The number of benzene rings is 2. The van der Waals surface area contributed by atoms with Crippen LogP contribution in [0.15, 0.2) is 60.7 Å². The summed E-state index contributed by atoms with van der Waals surface area (Å²) in [5, 5.41) is 5.50. The summed E-state index contributed by atoms with van der Waals surface area (Å²) in [4.78, 5) is 24.6. The summed E-state index contributed by atoms with van der Waals surface area (Å²) >= 11 is 1.38. The number of esters is 1. The summed E-state index contributed by atoms with van der Waals surface area (Å²) in [5.74, 6) is -0.408. The SMILES string of the molecule is CCNC(=O)Nc1ccc(-c2ccc(-c3ccc([C@]4(OC(=O)CCC[Si](C)(C)C)CCCCS4(=O)=O)s3)cc2)cc1. The van der Waals surface area contributed by atoms with E-state index in [0.29, 0.717) is 36.4 Å². The molecule has 0 saturated carbocycles. The number of urea groups is 1. The lowest BCUT2D eigenvalue weighted by Gasteiger charge is -2.35. The van der Waals surface area contributed by atoms with Crippen molar-refractivity contribution in [2.45, 2.75) is 69.6 Å². The van der Waals surface area contributed by atoms with Crippen LogP contribution in [0.3, 0.4) is 0 Å². The first-order chi connectivity index (χ1) is 19.4. The van der Waals surface area contributed by atoms with Gasteiger partial charge in [0.2, 0.25) is 4.93 Å². The van der Waals surface area contributed by atoms with Gasteiger partial charge in [-0.2, -0.15) is 0 Å². The molecule has 1 aliphatic rings. The number of hydrogen-bond acceptors (Lipinski definition) is 6. The highest BCUT2D eigenvalue weighted by Gasteiger charge is 2.51. The Bertz CT molecular complexity index is 1460. The minimum atomic E-state index is -3.67. The largest absolute Gasteiger partial charge is 0.437 e. The van der Waals surface area contributed by atoms with E-state index < -0.39 is 28.8 Å². The van der Waals surface area contributed by atoms with Gasteiger partial charge in [0.1, 0.15) is 0 Å². The molecule has 2 N–H and O–H groups in total. The van der Waals surface area contributed by atoms with E-state index in [1.807, 2.05) is 67.6 Å². The number of anilines is 1. The highest BCUT2D eigenvalue weighted by molar-refractivity contribution is 7.92. The number of hydrogen-bond donors (Lipinski definition) is 2. The molecular weight excluding hydrogens is 573 g/mol. The van der Waals surface area contributed by atoms with Crippen LogP contribution < -0.4 is 10.6 Å². The molecule has 1 fully saturated rings. The Balaban J connectivity index is 1.52. The fraction of sp³-hybridized carbons (Fsp3) is 0.419. The van der Waals surface area contributed by atoms with Gasteiger partial charge in [0.25, 0.3) is 0 Å². The van der Waals surface area contributed by atoms with Gasteiger partial charge in [-0.3, -0.25) is 4.79 Å². The van der Waals surface area contributed by atoms with Crippen LogP contribution in [0.4, 0.5) is 10.5 Å². The van der Waals surface area contributed by atoms with Gasteiger partial charge in [-0.15, -0.1) is 11.3 Å². The summed E-state index contributed by atoms with van der Waals surface area (Å²) in [7, 11) is -4.97. The Morgan fingerprint density at radius 3 is 2.17 bits per heavy atom. The second-order valence-corrected chi connectivity index (χ2v) is 20.7. The van der Waals surface area contributed by atoms with E-state index in [0.717, 1.165) is 34.0 Å². The van der Waals surface area contributed by atoms with Crippen molar-refractivity contribution >= 4 is 46.9 Å². The quantitative estimate of drug-likeness (QED) is 0.181. The van der Waals surface area contributed by atoms with E-state index in [-0.39, 0.29) is 18.2 Å². The van der Waals surface area contributed by atoms with Gasteiger partial charge in [0.05, 0.1) is 10.6 Å². The number of carbonyl (C=O) groups excluding carboxylic acids is 2. The van der Waals surface area contributed by atoms with Crippen molar-refractivity contribution in [3.63, 3.8) is 0 Å². The van der Waals surface area contributed by atoms with Crippen molar-refractivity contribution in [3.05, 3.63) is 65.5 Å². The van der Waals surface area contributed by atoms with Crippen LogP contribution in [-0.4, -0.2) is 40.8 Å². The van der Waals surface area contributed by atoms with E-state index in [2.05, 4.69) is 30.3 Å². The number of ether oxygens (including phenoxy) is 1. The lowest BCUT2D eigenvalue weighted by Crippen LogP contribution is -2.44. The van der Waals surface area contributed by atoms with Crippen LogP contribution in [-0.2, 0) is 24.3 Å². The molecule has 3 aromatic rings. The maximum absolute atomic E-state index is 13.4. The molecule has 1 aromatic heterocycles. The van der Waals surface area contributed by atoms with Crippen molar-refractivity contribution in [2.75, 3.05) is 17.6 Å². The number of sulfone groups is 1. The van der Waals surface area contributed by atoms with Gasteiger partial charge in [-0.1, -0.05) is 62.1 Å². The second kappa shape index (κ2) is 12.9. The average molecular weight is 613 g/mol. The number of nitrogens with one attached hydrogen (secondary N) is 2. The number of rotatable bonds is 10. The molecule has 0 radical (unpaired) electrons. The Labute approximate surface area is 248 Å². The van der Waals surface area contributed by atoms with Crippen molar-refractivity contribution in [1.29, 1.82) is 0 Å². The zero-order valence-corrected chi connectivity index (χ0v) is 26.9. The summed E-state index contributed by atoms with van der Waals surface area (Å²) in [6, 6.07) is 20.2. The normalized spacial score (nSPS) is 18.4. The van der Waals surface area contributed by atoms with Crippen LogP contribution in [0.5, 0.6) is 0 Å². The zero-order valence-electron chi connectivity index (χ0n) is 24.3. The third-order valence-electron chi connectivity index (χ3n) is 7.22. The molecule has 0 bridgehead atoms. The molecule has 220 valence electrons. The van der Waals surface area contributed by atoms with Gasteiger partial charge in [0.15, 0.2) is 9.84 Å². The third kappa shape index (κ3) is 7.67. The number of amides is 2. The smallest absolute Gasteiger partial charge is 0.319 e. The first kappa shape index (κ1) is 31.0. The summed E-state index contributed by atoms with van der Waals surface area (Å²) in [5.41, 5.74) is 3.71. The van der Waals surface area contributed by atoms with Gasteiger partial charge in [0, 0.05) is 38.0 Å². The lowest BCUT2D eigenvalue weighted by atomic mass is 10.0. The Kier molecular flexibility index (Phi) is 9.76. The maximum atomic E-state index is 13.4. The second-order valence-electron chi connectivity index (χ2n) is 11.7. The first-order valence-corrected chi connectivity index (χ1v) is 20.4. The molecule has 10 heteroatoms. The highest BCUT2D eigenvalue weighted by atomic mass is 32.2.